The van der Waals surface area contributed by atoms with Crippen LogP contribution in [0.3, 0.4) is 0 Å². The molecule has 2 amide bonds. The lowest BCUT2D eigenvalue weighted by Gasteiger charge is -2.11. The Hall–Kier alpha value is -3.67. The summed E-state index contributed by atoms with van der Waals surface area (Å²) >= 11 is 0. The van der Waals surface area contributed by atoms with Crippen LogP contribution in [0.15, 0.2) is 66.7 Å². The number of aryl methyl sites for hydroxylation is 1. The van der Waals surface area contributed by atoms with E-state index in [1.807, 2.05) is 32.0 Å². The Kier molecular flexibility index (Phi) is 6.24. The highest BCUT2D eigenvalue weighted by Crippen LogP contribution is 2.22. The van der Waals surface area contributed by atoms with Crippen LogP contribution in [0.5, 0.6) is 11.5 Å². The second-order valence-corrected chi connectivity index (χ2v) is 6.56. The van der Waals surface area contributed by atoms with E-state index in [0.29, 0.717) is 17.1 Å². The molecule has 3 aromatic carbocycles. The summed E-state index contributed by atoms with van der Waals surface area (Å²) in [6.07, 6.45) is 0. The van der Waals surface area contributed by atoms with Crippen LogP contribution in [0.4, 0.5) is 10.1 Å². The molecule has 0 aliphatic rings. The van der Waals surface area contributed by atoms with Gasteiger partial charge in [-0.25, -0.2) is 4.39 Å². The van der Waals surface area contributed by atoms with Gasteiger partial charge in [0.15, 0.2) is 0 Å². The van der Waals surface area contributed by atoms with Gasteiger partial charge in [-0.15, -0.1) is 0 Å². The van der Waals surface area contributed by atoms with Gasteiger partial charge in [-0.1, -0.05) is 12.1 Å². The number of halogens is 1. The standard InChI is InChI=1S/C23H21FN2O3/c1-15-4-3-5-21(16(15)2)26-22(27)14-25-23(28)17-6-10-19(11-7-17)29-20-12-8-18(24)9-13-20/h3-13H,14H2,1-2H3,(H,25,28)(H,26,27). The van der Waals surface area contributed by atoms with E-state index in [2.05, 4.69) is 10.6 Å². The number of benzene rings is 3. The van der Waals surface area contributed by atoms with Gasteiger partial charge < -0.3 is 15.4 Å². The first-order valence-corrected chi connectivity index (χ1v) is 9.10. The van der Waals surface area contributed by atoms with Crippen molar-refractivity contribution in [3.05, 3.63) is 89.2 Å². The van der Waals surface area contributed by atoms with Gasteiger partial charge in [0, 0.05) is 11.3 Å². The van der Waals surface area contributed by atoms with E-state index in [-0.39, 0.29) is 24.2 Å². The maximum atomic E-state index is 12.9. The number of carbonyl (C=O) groups is 2. The summed E-state index contributed by atoms with van der Waals surface area (Å²) in [5.41, 5.74) is 3.20. The summed E-state index contributed by atoms with van der Waals surface area (Å²) in [4.78, 5) is 24.4. The molecule has 2 N–H and O–H groups in total. The average molecular weight is 392 g/mol. The van der Waals surface area contributed by atoms with Gasteiger partial charge in [-0.2, -0.15) is 0 Å². The third-order valence-electron chi connectivity index (χ3n) is 4.45. The number of anilines is 1. The predicted octanol–water partition coefficient (Wildman–Crippen LogP) is 4.60. The molecule has 0 aromatic heterocycles. The summed E-state index contributed by atoms with van der Waals surface area (Å²) in [6.45, 7) is 3.76. The molecule has 148 valence electrons. The molecule has 0 spiro atoms. The van der Waals surface area contributed by atoms with Crippen LogP contribution in [0.2, 0.25) is 0 Å². The third kappa shape index (κ3) is 5.42. The Morgan fingerprint density at radius 2 is 1.52 bits per heavy atom. The van der Waals surface area contributed by atoms with Crippen molar-refractivity contribution in [2.24, 2.45) is 0 Å². The van der Waals surface area contributed by atoms with E-state index >= 15 is 0 Å². The molecule has 29 heavy (non-hydrogen) atoms. The molecule has 0 unspecified atom stereocenters. The summed E-state index contributed by atoms with van der Waals surface area (Å²) < 4.78 is 18.5. The smallest absolute Gasteiger partial charge is 0.251 e. The minimum absolute atomic E-state index is 0.139. The molecule has 0 atom stereocenters. The number of amides is 2. The zero-order valence-electron chi connectivity index (χ0n) is 16.2. The van der Waals surface area contributed by atoms with Crippen molar-refractivity contribution in [3.63, 3.8) is 0 Å². The Labute approximate surface area is 168 Å². The first-order valence-electron chi connectivity index (χ1n) is 9.10. The monoisotopic (exact) mass is 392 g/mol. The predicted molar refractivity (Wildman–Crippen MR) is 110 cm³/mol. The van der Waals surface area contributed by atoms with Crippen molar-refractivity contribution in [2.75, 3.05) is 11.9 Å². The summed E-state index contributed by atoms with van der Waals surface area (Å²) in [6, 6.07) is 17.8. The van der Waals surface area contributed by atoms with Gasteiger partial charge in [0.25, 0.3) is 5.91 Å². The SMILES string of the molecule is Cc1cccc(NC(=O)CNC(=O)c2ccc(Oc3ccc(F)cc3)cc2)c1C. The van der Waals surface area contributed by atoms with Crippen molar-refractivity contribution in [1.29, 1.82) is 0 Å². The number of ether oxygens (including phenoxy) is 1. The zero-order chi connectivity index (χ0) is 20.8. The van der Waals surface area contributed by atoms with E-state index in [1.165, 1.54) is 24.3 Å². The lowest BCUT2D eigenvalue weighted by Crippen LogP contribution is -2.33. The maximum Gasteiger partial charge on any atom is 0.251 e. The highest BCUT2D eigenvalue weighted by molar-refractivity contribution is 5.99. The van der Waals surface area contributed by atoms with Gasteiger partial charge in [0.1, 0.15) is 17.3 Å². The number of hydrogen-bond acceptors (Lipinski definition) is 3. The second kappa shape index (κ2) is 9.01. The highest BCUT2D eigenvalue weighted by atomic mass is 19.1. The Bertz CT molecular complexity index is 1020. The van der Waals surface area contributed by atoms with Crippen LogP contribution >= 0.6 is 0 Å². The fourth-order valence-electron chi connectivity index (χ4n) is 2.66. The fourth-order valence-corrected chi connectivity index (χ4v) is 2.66. The Morgan fingerprint density at radius 3 is 2.17 bits per heavy atom. The van der Waals surface area contributed by atoms with E-state index in [4.69, 9.17) is 4.74 Å². The number of carbonyl (C=O) groups excluding carboxylic acids is 2. The summed E-state index contributed by atoms with van der Waals surface area (Å²) in [7, 11) is 0. The van der Waals surface area contributed by atoms with Gasteiger partial charge >= 0.3 is 0 Å². The van der Waals surface area contributed by atoms with Crippen molar-refractivity contribution in [1.82, 2.24) is 5.32 Å². The molecule has 0 saturated heterocycles. The number of nitrogens with one attached hydrogen (secondary N) is 2. The molecule has 0 fully saturated rings. The van der Waals surface area contributed by atoms with Crippen LogP contribution in [0, 0.1) is 19.7 Å². The van der Waals surface area contributed by atoms with Crippen LogP contribution in [-0.2, 0) is 4.79 Å². The normalized spacial score (nSPS) is 10.3. The molecule has 5 nitrogen and oxygen atoms in total. The largest absolute Gasteiger partial charge is 0.457 e. The minimum Gasteiger partial charge on any atom is -0.457 e. The third-order valence-corrected chi connectivity index (χ3v) is 4.45. The summed E-state index contributed by atoms with van der Waals surface area (Å²) in [5.74, 6) is -0.00346. The van der Waals surface area contributed by atoms with Crippen molar-refractivity contribution in [3.8, 4) is 11.5 Å². The topological polar surface area (TPSA) is 67.4 Å². The van der Waals surface area contributed by atoms with Gasteiger partial charge in [0.2, 0.25) is 5.91 Å². The van der Waals surface area contributed by atoms with E-state index < -0.39 is 0 Å². The molecule has 3 rings (SSSR count). The lowest BCUT2D eigenvalue weighted by molar-refractivity contribution is -0.115. The van der Waals surface area contributed by atoms with Crippen LogP contribution in [0.25, 0.3) is 0 Å². The number of hydrogen-bond donors (Lipinski definition) is 2. The second-order valence-electron chi connectivity index (χ2n) is 6.56. The Balaban J connectivity index is 1.53. The molecule has 3 aromatic rings. The average Bonchev–Trinajstić information content (AvgIpc) is 2.72. The number of rotatable bonds is 6. The van der Waals surface area contributed by atoms with Crippen molar-refractivity contribution in [2.45, 2.75) is 13.8 Å². The van der Waals surface area contributed by atoms with Gasteiger partial charge in [-0.3, -0.25) is 9.59 Å². The molecular weight excluding hydrogens is 371 g/mol. The highest BCUT2D eigenvalue weighted by Gasteiger charge is 2.10. The molecule has 0 radical (unpaired) electrons. The Morgan fingerprint density at radius 1 is 0.897 bits per heavy atom. The van der Waals surface area contributed by atoms with Gasteiger partial charge in [-0.05, 0) is 79.6 Å². The van der Waals surface area contributed by atoms with E-state index in [1.54, 1.807) is 24.3 Å². The molecule has 0 bridgehead atoms. The molecule has 0 saturated carbocycles. The molecular formula is C23H21FN2O3. The van der Waals surface area contributed by atoms with Gasteiger partial charge in [0.05, 0.1) is 6.54 Å². The van der Waals surface area contributed by atoms with Crippen LogP contribution in [-0.4, -0.2) is 18.4 Å². The molecule has 0 heterocycles. The van der Waals surface area contributed by atoms with E-state index in [0.717, 1.165) is 16.8 Å². The first-order chi connectivity index (χ1) is 13.9. The van der Waals surface area contributed by atoms with E-state index in [9.17, 15) is 14.0 Å². The molecule has 0 aliphatic heterocycles. The first kappa shape index (κ1) is 20.1. The quantitative estimate of drug-likeness (QED) is 0.644. The fraction of sp³-hybridized carbons (Fsp3) is 0.130. The maximum absolute atomic E-state index is 12.9. The lowest BCUT2D eigenvalue weighted by atomic mass is 10.1. The van der Waals surface area contributed by atoms with Crippen molar-refractivity contribution < 1.29 is 18.7 Å². The molecule has 6 heteroatoms. The minimum atomic E-state index is -0.366. The van der Waals surface area contributed by atoms with Crippen LogP contribution < -0.4 is 15.4 Å². The van der Waals surface area contributed by atoms with Crippen molar-refractivity contribution >= 4 is 17.5 Å². The summed E-state index contributed by atoms with van der Waals surface area (Å²) in [5, 5.41) is 5.39. The zero-order valence-corrected chi connectivity index (χ0v) is 16.2. The van der Waals surface area contributed by atoms with Crippen LogP contribution in [0.1, 0.15) is 21.5 Å². The molecule has 0 aliphatic carbocycles.